The van der Waals surface area contributed by atoms with Gasteiger partial charge in [0.15, 0.2) is 12.7 Å². The molecule has 3 rings (SSSR count). The highest BCUT2D eigenvalue weighted by molar-refractivity contribution is 7.17. The number of fused-ring (bicyclic) bond motifs is 1. The smallest absolute Gasteiger partial charge is 0.335 e. The van der Waals surface area contributed by atoms with E-state index in [2.05, 4.69) is 5.32 Å². The summed E-state index contributed by atoms with van der Waals surface area (Å²) in [5, 5.41) is 3.07. The standard InChI is InChI=1S/C15H18N2O5S/c16-13(19)12-8-3-1-5-10(8)23-14(12)17-11(18)7-22-15(20)9-4-2-6-21-9/h9H,1-7H2,(H2,16,19)(H,17,18)/t9-/m1/s1. The molecule has 0 radical (unpaired) electrons. The Balaban J connectivity index is 1.60. The molecule has 0 bridgehead atoms. The van der Waals surface area contributed by atoms with E-state index in [4.69, 9.17) is 15.2 Å². The van der Waals surface area contributed by atoms with E-state index < -0.39 is 30.5 Å². The molecule has 1 aromatic rings. The van der Waals surface area contributed by atoms with Crippen LogP contribution in [0.25, 0.3) is 0 Å². The number of primary amides is 1. The summed E-state index contributed by atoms with van der Waals surface area (Å²) in [6.07, 6.45) is 3.54. The van der Waals surface area contributed by atoms with Gasteiger partial charge in [0.1, 0.15) is 5.00 Å². The van der Waals surface area contributed by atoms with Crippen LogP contribution in [0.1, 0.15) is 40.1 Å². The van der Waals surface area contributed by atoms with E-state index in [1.807, 2.05) is 0 Å². The second-order valence-electron chi connectivity index (χ2n) is 5.58. The number of carbonyl (C=O) groups is 3. The topological polar surface area (TPSA) is 108 Å². The Hall–Kier alpha value is -1.93. The summed E-state index contributed by atoms with van der Waals surface area (Å²) < 4.78 is 10.1. The largest absolute Gasteiger partial charge is 0.454 e. The number of hydrogen-bond donors (Lipinski definition) is 2. The molecule has 1 aromatic heterocycles. The molecule has 2 aliphatic rings. The zero-order valence-electron chi connectivity index (χ0n) is 12.6. The van der Waals surface area contributed by atoms with Gasteiger partial charge in [-0.15, -0.1) is 11.3 Å². The third-order valence-electron chi connectivity index (χ3n) is 3.96. The molecule has 8 heteroatoms. The maximum absolute atomic E-state index is 12.0. The minimum atomic E-state index is -0.575. The number of nitrogens with one attached hydrogen (secondary N) is 1. The Morgan fingerprint density at radius 2 is 2.13 bits per heavy atom. The third-order valence-corrected chi connectivity index (χ3v) is 5.17. The summed E-state index contributed by atoms with van der Waals surface area (Å²) >= 11 is 1.37. The Kier molecular flexibility index (Phi) is 4.63. The Labute approximate surface area is 137 Å². The van der Waals surface area contributed by atoms with Gasteiger partial charge in [0.2, 0.25) is 0 Å². The van der Waals surface area contributed by atoms with Gasteiger partial charge in [-0.1, -0.05) is 0 Å². The lowest BCUT2D eigenvalue weighted by Gasteiger charge is -2.10. The summed E-state index contributed by atoms with van der Waals surface area (Å²) in [7, 11) is 0. The lowest BCUT2D eigenvalue weighted by Crippen LogP contribution is -2.27. The first-order valence-electron chi connectivity index (χ1n) is 7.58. The highest BCUT2D eigenvalue weighted by Crippen LogP contribution is 2.38. The number of amides is 2. The minimum absolute atomic E-state index is 0.390. The van der Waals surface area contributed by atoms with Gasteiger partial charge in [-0.3, -0.25) is 9.59 Å². The van der Waals surface area contributed by atoms with Crippen LogP contribution in [-0.4, -0.2) is 37.1 Å². The number of thiophene rings is 1. The van der Waals surface area contributed by atoms with Crippen molar-refractivity contribution in [2.24, 2.45) is 5.73 Å². The molecule has 2 heterocycles. The van der Waals surface area contributed by atoms with Gasteiger partial charge in [0.05, 0.1) is 5.56 Å². The number of carbonyl (C=O) groups excluding carboxylic acids is 3. The van der Waals surface area contributed by atoms with Crippen molar-refractivity contribution < 1.29 is 23.9 Å². The van der Waals surface area contributed by atoms with Gasteiger partial charge in [-0.2, -0.15) is 0 Å². The van der Waals surface area contributed by atoms with E-state index in [0.29, 0.717) is 23.6 Å². The van der Waals surface area contributed by atoms with Crippen LogP contribution in [0.5, 0.6) is 0 Å². The van der Waals surface area contributed by atoms with Crippen LogP contribution in [-0.2, 0) is 31.9 Å². The van der Waals surface area contributed by atoms with Gasteiger partial charge in [0, 0.05) is 11.5 Å². The number of hydrogen-bond acceptors (Lipinski definition) is 6. The normalized spacial score (nSPS) is 19.4. The average Bonchev–Trinajstić information content (AvgIpc) is 3.20. The summed E-state index contributed by atoms with van der Waals surface area (Å²) in [5.74, 6) is -1.56. The maximum Gasteiger partial charge on any atom is 0.335 e. The van der Waals surface area contributed by atoms with Crippen molar-refractivity contribution >= 4 is 34.1 Å². The quantitative estimate of drug-likeness (QED) is 0.779. The van der Waals surface area contributed by atoms with Crippen LogP contribution in [0.3, 0.4) is 0 Å². The molecule has 3 N–H and O–H groups in total. The molecule has 0 spiro atoms. The molecule has 1 fully saturated rings. The zero-order valence-corrected chi connectivity index (χ0v) is 13.4. The van der Waals surface area contributed by atoms with E-state index in [9.17, 15) is 14.4 Å². The molecular weight excluding hydrogens is 320 g/mol. The van der Waals surface area contributed by atoms with Crippen molar-refractivity contribution in [3.8, 4) is 0 Å². The zero-order chi connectivity index (χ0) is 16.4. The second kappa shape index (κ2) is 6.67. The van der Waals surface area contributed by atoms with Crippen LogP contribution in [0.15, 0.2) is 0 Å². The molecule has 7 nitrogen and oxygen atoms in total. The number of nitrogens with two attached hydrogens (primary N) is 1. The van der Waals surface area contributed by atoms with Crippen molar-refractivity contribution in [1.82, 2.24) is 0 Å². The molecular formula is C15H18N2O5S. The van der Waals surface area contributed by atoms with E-state index in [1.54, 1.807) is 0 Å². The fourth-order valence-corrected chi connectivity index (χ4v) is 4.22. The van der Waals surface area contributed by atoms with E-state index in [1.165, 1.54) is 11.3 Å². The van der Waals surface area contributed by atoms with Crippen molar-refractivity contribution in [3.63, 3.8) is 0 Å². The fraction of sp³-hybridized carbons (Fsp3) is 0.533. The first kappa shape index (κ1) is 15.9. The summed E-state index contributed by atoms with van der Waals surface area (Å²) in [6.45, 7) is 0.133. The van der Waals surface area contributed by atoms with Crippen LogP contribution in [0, 0.1) is 0 Å². The SMILES string of the molecule is NC(=O)c1c(NC(=O)COC(=O)[C@H]2CCCO2)sc2c1CCC2. The van der Waals surface area contributed by atoms with E-state index in [-0.39, 0.29) is 0 Å². The molecule has 1 saturated heterocycles. The molecule has 0 saturated carbocycles. The number of esters is 1. The van der Waals surface area contributed by atoms with Crippen LogP contribution in [0.2, 0.25) is 0 Å². The number of rotatable bonds is 5. The van der Waals surface area contributed by atoms with Crippen LogP contribution < -0.4 is 11.1 Å². The number of ether oxygens (including phenoxy) is 2. The lowest BCUT2D eigenvalue weighted by molar-refractivity contribution is -0.156. The highest BCUT2D eigenvalue weighted by atomic mass is 32.1. The Morgan fingerprint density at radius 1 is 1.30 bits per heavy atom. The van der Waals surface area contributed by atoms with Gasteiger partial charge >= 0.3 is 5.97 Å². The monoisotopic (exact) mass is 338 g/mol. The van der Waals surface area contributed by atoms with Gasteiger partial charge < -0.3 is 20.5 Å². The molecule has 1 aliphatic heterocycles. The summed E-state index contributed by atoms with van der Waals surface area (Å²) in [4.78, 5) is 36.4. The minimum Gasteiger partial charge on any atom is -0.454 e. The fourth-order valence-electron chi connectivity index (χ4n) is 2.91. The predicted octanol–water partition coefficient (Wildman–Crippen LogP) is 0.996. The molecule has 1 aliphatic carbocycles. The summed E-state index contributed by atoms with van der Waals surface area (Å²) in [5.41, 5.74) is 6.76. The predicted molar refractivity (Wildman–Crippen MR) is 83.4 cm³/mol. The van der Waals surface area contributed by atoms with Crippen LogP contribution in [0.4, 0.5) is 5.00 Å². The van der Waals surface area contributed by atoms with Gasteiger partial charge in [0.25, 0.3) is 11.8 Å². The van der Waals surface area contributed by atoms with Gasteiger partial charge in [-0.05, 0) is 37.7 Å². The molecule has 0 unspecified atom stereocenters. The molecule has 124 valence electrons. The van der Waals surface area contributed by atoms with Crippen molar-refractivity contribution in [2.45, 2.75) is 38.2 Å². The van der Waals surface area contributed by atoms with Crippen LogP contribution >= 0.6 is 11.3 Å². The van der Waals surface area contributed by atoms with Gasteiger partial charge in [-0.25, -0.2) is 4.79 Å². The Morgan fingerprint density at radius 3 is 2.83 bits per heavy atom. The first-order valence-corrected chi connectivity index (χ1v) is 8.40. The van der Waals surface area contributed by atoms with Crippen molar-refractivity contribution in [2.75, 3.05) is 18.5 Å². The highest BCUT2D eigenvalue weighted by Gasteiger charge is 2.28. The van der Waals surface area contributed by atoms with Crippen molar-refractivity contribution in [3.05, 3.63) is 16.0 Å². The third kappa shape index (κ3) is 3.37. The average molecular weight is 338 g/mol. The molecule has 23 heavy (non-hydrogen) atoms. The Bertz CT molecular complexity index is 649. The maximum atomic E-state index is 12.0. The van der Waals surface area contributed by atoms with E-state index >= 15 is 0 Å². The number of anilines is 1. The molecule has 1 atom stereocenters. The van der Waals surface area contributed by atoms with Crippen molar-refractivity contribution in [1.29, 1.82) is 0 Å². The van der Waals surface area contributed by atoms with E-state index in [0.717, 1.165) is 36.1 Å². The molecule has 0 aromatic carbocycles. The number of aryl methyl sites for hydroxylation is 1. The molecule has 2 amide bonds. The first-order chi connectivity index (χ1) is 11.1. The summed E-state index contributed by atoms with van der Waals surface area (Å²) in [6, 6.07) is 0. The second-order valence-corrected chi connectivity index (χ2v) is 6.69. The lowest BCUT2D eigenvalue weighted by atomic mass is 10.1.